The maximum atomic E-state index is 15.3. The highest BCUT2D eigenvalue weighted by Gasteiger charge is 2.21. The number of benzene rings is 1. The Labute approximate surface area is 166 Å². The Morgan fingerprint density at radius 3 is 2.69 bits per heavy atom. The molecular formula is C22H17FN6. The lowest BCUT2D eigenvalue weighted by Gasteiger charge is -2.19. The van der Waals surface area contributed by atoms with Gasteiger partial charge in [-0.1, -0.05) is 13.0 Å². The monoisotopic (exact) mass is 384 g/mol. The summed E-state index contributed by atoms with van der Waals surface area (Å²) in [4.78, 5) is 21.9. The Kier molecular flexibility index (Phi) is 4.20. The lowest BCUT2D eigenvalue weighted by atomic mass is 10.0. The predicted octanol–water partition coefficient (Wildman–Crippen LogP) is 4.58. The second kappa shape index (κ2) is 7.01. The summed E-state index contributed by atoms with van der Waals surface area (Å²) in [5, 5.41) is 0.511. The van der Waals surface area contributed by atoms with Crippen molar-refractivity contribution >= 4 is 22.2 Å². The third kappa shape index (κ3) is 2.91. The van der Waals surface area contributed by atoms with Crippen molar-refractivity contribution in [3.63, 3.8) is 0 Å². The molecule has 0 amide bonds. The van der Waals surface area contributed by atoms with E-state index in [1.165, 1.54) is 0 Å². The topological polar surface area (TPSA) is 69.4 Å². The molecular weight excluding hydrogens is 367 g/mol. The van der Waals surface area contributed by atoms with Gasteiger partial charge >= 0.3 is 0 Å². The molecule has 6 nitrogen and oxygen atoms in total. The fraction of sp³-hybridized carbons (Fsp3) is 0.136. The molecule has 5 rings (SSSR count). The highest BCUT2D eigenvalue weighted by molar-refractivity contribution is 5.80. The Morgan fingerprint density at radius 1 is 1.00 bits per heavy atom. The smallest absolute Gasteiger partial charge is 0.197 e. The van der Waals surface area contributed by atoms with Gasteiger partial charge in [-0.15, -0.1) is 0 Å². The van der Waals surface area contributed by atoms with Gasteiger partial charge in [0.15, 0.2) is 11.3 Å². The third-order valence-electron chi connectivity index (χ3n) is 5.09. The van der Waals surface area contributed by atoms with Gasteiger partial charge in [0, 0.05) is 35.1 Å². The van der Waals surface area contributed by atoms with E-state index in [1.54, 1.807) is 49.3 Å². The average molecular weight is 384 g/mol. The van der Waals surface area contributed by atoms with Crippen molar-refractivity contribution in [2.75, 3.05) is 0 Å². The molecule has 142 valence electrons. The van der Waals surface area contributed by atoms with E-state index in [0.29, 0.717) is 34.2 Å². The standard InChI is InChI=1S/C22H17FN6/c1-2-19(16-5-6-17-15(20(16)23)4-3-9-25-17)29-13-27-21-22(29)28-18(12-26-21)14-7-10-24-11-8-14/h3-13,19H,2H2,1H3. The van der Waals surface area contributed by atoms with Crippen LogP contribution in [0.3, 0.4) is 0 Å². The zero-order chi connectivity index (χ0) is 19.8. The molecule has 0 bridgehead atoms. The molecule has 5 aromatic rings. The maximum absolute atomic E-state index is 15.3. The quantitative estimate of drug-likeness (QED) is 0.454. The number of aromatic nitrogens is 6. The second-order valence-corrected chi connectivity index (χ2v) is 6.75. The van der Waals surface area contributed by atoms with E-state index in [0.717, 1.165) is 11.3 Å². The Morgan fingerprint density at radius 2 is 1.86 bits per heavy atom. The minimum absolute atomic E-state index is 0.258. The fourth-order valence-corrected chi connectivity index (χ4v) is 3.66. The summed E-state index contributed by atoms with van der Waals surface area (Å²) in [6.45, 7) is 2.02. The predicted molar refractivity (Wildman–Crippen MR) is 109 cm³/mol. The molecule has 0 spiro atoms. The number of nitrogens with zero attached hydrogens (tertiary/aromatic N) is 6. The zero-order valence-corrected chi connectivity index (χ0v) is 15.7. The molecule has 0 aliphatic heterocycles. The van der Waals surface area contributed by atoms with E-state index in [4.69, 9.17) is 4.98 Å². The molecule has 4 heterocycles. The van der Waals surface area contributed by atoms with Crippen LogP contribution in [0.4, 0.5) is 4.39 Å². The van der Waals surface area contributed by atoms with Gasteiger partial charge in [0.05, 0.1) is 29.8 Å². The maximum Gasteiger partial charge on any atom is 0.197 e. The molecule has 0 radical (unpaired) electrons. The van der Waals surface area contributed by atoms with Gasteiger partial charge in [-0.2, -0.15) is 0 Å². The number of rotatable bonds is 4. The molecule has 1 aromatic carbocycles. The van der Waals surface area contributed by atoms with E-state index in [-0.39, 0.29) is 11.9 Å². The summed E-state index contributed by atoms with van der Waals surface area (Å²) >= 11 is 0. The minimum Gasteiger partial charge on any atom is -0.306 e. The molecule has 0 saturated carbocycles. The Hall–Kier alpha value is -3.74. The number of fused-ring (bicyclic) bond motifs is 2. The summed E-state index contributed by atoms with van der Waals surface area (Å²) < 4.78 is 17.2. The van der Waals surface area contributed by atoms with Crippen LogP contribution in [0.25, 0.3) is 33.5 Å². The van der Waals surface area contributed by atoms with Crippen LogP contribution in [0.5, 0.6) is 0 Å². The molecule has 29 heavy (non-hydrogen) atoms. The average Bonchev–Trinajstić information content (AvgIpc) is 3.20. The van der Waals surface area contributed by atoms with Crippen LogP contribution in [0.15, 0.2) is 67.5 Å². The highest BCUT2D eigenvalue weighted by atomic mass is 19.1. The van der Waals surface area contributed by atoms with Crippen molar-refractivity contribution in [3.8, 4) is 11.3 Å². The lowest BCUT2D eigenvalue weighted by Crippen LogP contribution is -2.12. The van der Waals surface area contributed by atoms with Crippen molar-refractivity contribution in [2.24, 2.45) is 0 Å². The molecule has 0 N–H and O–H groups in total. The first-order valence-electron chi connectivity index (χ1n) is 9.39. The summed E-state index contributed by atoms with van der Waals surface area (Å²) in [6.07, 6.45) is 9.14. The van der Waals surface area contributed by atoms with Crippen LogP contribution in [-0.2, 0) is 0 Å². The molecule has 0 saturated heterocycles. The van der Waals surface area contributed by atoms with Gasteiger partial charge < -0.3 is 4.57 Å². The van der Waals surface area contributed by atoms with Crippen molar-refractivity contribution in [1.29, 1.82) is 0 Å². The van der Waals surface area contributed by atoms with Crippen LogP contribution in [0.2, 0.25) is 0 Å². The Balaban J connectivity index is 1.66. The summed E-state index contributed by atoms with van der Waals surface area (Å²) in [5.74, 6) is -0.262. The van der Waals surface area contributed by atoms with Gasteiger partial charge in [-0.05, 0) is 36.8 Å². The lowest BCUT2D eigenvalue weighted by molar-refractivity contribution is 0.531. The van der Waals surface area contributed by atoms with Gasteiger partial charge in [0.25, 0.3) is 0 Å². The fourth-order valence-electron chi connectivity index (χ4n) is 3.66. The molecule has 4 aromatic heterocycles. The first-order valence-corrected chi connectivity index (χ1v) is 9.39. The number of halogens is 1. The molecule has 0 fully saturated rings. The van der Waals surface area contributed by atoms with Crippen molar-refractivity contribution in [2.45, 2.75) is 19.4 Å². The van der Waals surface area contributed by atoms with E-state index >= 15 is 4.39 Å². The van der Waals surface area contributed by atoms with Crippen LogP contribution < -0.4 is 0 Å². The van der Waals surface area contributed by atoms with E-state index in [2.05, 4.69) is 19.9 Å². The van der Waals surface area contributed by atoms with Gasteiger partial charge in [-0.25, -0.2) is 19.3 Å². The number of imidazole rings is 1. The SMILES string of the molecule is CCC(c1ccc2ncccc2c1F)n1cnc2ncc(-c3ccncc3)nc21. The van der Waals surface area contributed by atoms with Crippen LogP contribution >= 0.6 is 0 Å². The number of hydrogen-bond acceptors (Lipinski definition) is 5. The molecule has 0 aliphatic rings. The highest BCUT2D eigenvalue weighted by Crippen LogP contribution is 2.31. The molecule has 1 unspecified atom stereocenters. The van der Waals surface area contributed by atoms with Crippen LogP contribution in [0, 0.1) is 5.82 Å². The zero-order valence-electron chi connectivity index (χ0n) is 15.7. The first-order chi connectivity index (χ1) is 14.3. The van der Waals surface area contributed by atoms with Gasteiger partial charge in [0.1, 0.15) is 5.82 Å². The van der Waals surface area contributed by atoms with Crippen LogP contribution in [0.1, 0.15) is 24.9 Å². The first kappa shape index (κ1) is 17.4. The van der Waals surface area contributed by atoms with Crippen LogP contribution in [-0.4, -0.2) is 29.5 Å². The van der Waals surface area contributed by atoms with E-state index in [9.17, 15) is 0 Å². The minimum atomic E-state index is -0.262. The number of hydrogen-bond donors (Lipinski definition) is 0. The summed E-state index contributed by atoms with van der Waals surface area (Å²) in [6, 6.07) is 10.6. The van der Waals surface area contributed by atoms with Crippen molar-refractivity contribution < 1.29 is 4.39 Å². The van der Waals surface area contributed by atoms with Crippen molar-refractivity contribution in [3.05, 3.63) is 78.9 Å². The normalized spacial score (nSPS) is 12.5. The second-order valence-electron chi connectivity index (χ2n) is 6.75. The van der Waals surface area contributed by atoms with E-state index in [1.807, 2.05) is 29.7 Å². The Bertz CT molecular complexity index is 1320. The van der Waals surface area contributed by atoms with Gasteiger partial charge in [0.2, 0.25) is 0 Å². The molecule has 0 aliphatic carbocycles. The summed E-state index contributed by atoms with van der Waals surface area (Å²) in [7, 11) is 0. The van der Waals surface area contributed by atoms with Crippen molar-refractivity contribution in [1.82, 2.24) is 29.5 Å². The molecule has 7 heteroatoms. The van der Waals surface area contributed by atoms with E-state index < -0.39 is 0 Å². The largest absolute Gasteiger partial charge is 0.306 e. The third-order valence-corrected chi connectivity index (χ3v) is 5.09. The van der Waals surface area contributed by atoms with Gasteiger partial charge in [-0.3, -0.25) is 9.97 Å². The molecule has 1 atom stereocenters. The summed E-state index contributed by atoms with van der Waals surface area (Å²) in [5.41, 5.74) is 4.01. The number of pyridine rings is 2.